The van der Waals surface area contributed by atoms with Crippen molar-refractivity contribution in [1.82, 2.24) is 4.90 Å². The molecule has 4 heteroatoms. The molecule has 0 aliphatic heterocycles. The number of hydrogen-bond donors (Lipinski definition) is 1. The van der Waals surface area contributed by atoms with Gasteiger partial charge in [0.2, 0.25) is 5.91 Å². The number of hydrogen-bond acceptors (Lipinski definition) is 2. The van der Waals surface area contributed by atoms with Crippen LogP contribution in [-0.2, 0) is 11.2 Å². The highest BCUT2D eigenvalue weighted by Crippen LogP contribution is 2.29. The van der Waals surface area contributed by atoms with Gasteiger partial charge in [0.15, 0.2) is 0 Å². The first-order chi connectivity index (χ1) is 13.5. The van der Waals surface area contributed by atoms with E-state index in [0.717, 1.165) is 5.56 Å². The van der Waals surface area contributed by atoms with Crippen molar-refractivity contribution >= 4 is 17.5 Å². The van der Waals surface area contributed by atoms with E-state index in [2.05, 4.69) is 12.2 Å². The smallest absolute Gasteiger partial charge is 0.253 e. The van der Waals surface area contributed by atoms with Crippen molar-refractivity contribution in [3.63, 3.8) is 0 Å². The Bertz CT molecular complexity index is 780. The lowest BCUT2D eigenvalue weighted by molar-refractivity contribution is -0.115. The molecule has 2 aromatic rings. The molecule has 1 aliphatic rings. The van der Waals surface area contributed by atoms with E-state index in [1.54, 1.807) is 24.3 Å². The van der Waals surface area contributed by atoms with Gasteiger partial charge < -0.3 is 10.2 Å². The summed E-state index contributed by atoms with van der Waals surface area (Å²) in [5.74, 6) is 0.577. The lowest BCUT2D eigenvalue weighted by atomic mass is 9.84. The van der Waals surface area contributed by atoms with Crippen LogP contribution in [0.3, 0.4) is 0 Å². The molecule has 1 aliphatic carbocycles. The molecular formula is C24H30N2O2. The molecule has 148 valence electrons. The number of rotatable bonds is 6. The van der Waals surface area contributed by atoms with Gasteiger partial charge >= 0.3 is 0 Å². The molecule has 0 heterocycles. The summed E-state index contributed by atoms with van der Waals surface area (Å²) in [4.78, 5) is 26.9. The first-order valence-corrected chi connectivity index (χ1v) is 10.3. The van der Waals surface area contributed by atoms with E-state index in [1.807, 2.05) is 42.3 Å². The molecule has 1 atom stereocenters. The number of amides is 2. The van der Waals surface area contributed by atoms with Gasteiger partial charge in [0.25, 0.3) is 5.91 Å². The fourth-order valence-corrected chi connectivity index (χ4v) is 4.00. The van der Waals surface area contributed by atoms with Gasteiger partial charge in [-0.25, -0.2) is 0 Å². The van der Waals surface area contributed by atoms with E-state index >= 15 is 0 Å². The van der Waals surface area contributed by atoms with E-state index in [-0.39, 0.29) is 17.9 Å². The fourth-order valence-electron chi connectivity index (χ4n) is 4.00. The first kappa shape index (κ1) is 20.1. The topological polar surface area (TPSA) is 49.4 Å². The molecule has 0 bridgehead atoms. The molecule has 1 fully saturated rings. The summed E-state index contributed by atoms with van der Waals surface area (Å²) in [5.41, 5.74) is 2.34. The summed E-state index contributed by atoms with van der Waals surface area (Å²) in [6, 6.07) is 17.1. The highest BCUT2D eigenvalue weighted by molar-refractivity contribution is 5.96. The van der Waals surface area contributed by atoms with Gasteiger partial charge in [-0.15, -0.1) is 0 Å². The number of benzene rings is 2. The summed E-state index contributed by atoms with van der Waals surface area (Å²) in [5, 5.41) is 2.90. The van der Waals surface area contributed by atoms with Gasteiger partial charge in [0.05, 0.1) is 6.42 Å². The van der Waals surface area contributed by atoms with Gasteiger partial charge in [0, 0.05) is 24.3 Å². The third-order valence-electron chi connectivity index (χ3n) is 5.89. The zero-order chi connectivity index (χ0) is 19.9. The molecule has 3 rings (SSSR count). The Morgan fingerprint density at radius 1 is 1.00 bits per heavy atom. The Labute approximate surface area is 167 Å². The molecule has 1 N–H and O–H groups in total. The van der Waals surface area contributed by atoms with Crippen molar-refractivity contribution < 1.29 is 9.59 Å². The van der Waals surface area contributed by atoms with Crippen LogP contribution in [0.4, 0.5) is 5.69 Å². The fraction of sp³-hybridized carbons (Fsp3) is 0.417. The molecule has 2 amide bonds. The minimum atomic E-state index is -0.0617. The maximum atomic E-state index is 12.8. The van der Waals surface area contributed by atoms with Gasteiger partial charge in [-0.1, -0.05) is 49.6 Å². The molecule has 0 unspecified atom stereocenters. The number of carbonyl (C=O) groups excluding carboxylic acids is 2. The van der Waals surface area contributed by atoms with E-state index in [9.17, 15) is 9.59 Å². The molecule has 0 aromatic heterocycles. The average molecular weight is 379 g/mol. The van der Waals surface area contributed by atoms with Crippen LogP contribution >= 0.6 is 0 Å². The van der Waals surface area contributed by atoms with E-state index in [1.165, 1.54) is 32.1 Å². The minimum Gasteiger partial charge on any atom is -0.339 e. The van der Waals surface area contributed by atoms with Crippen molar-refractivity contribution in [2.75, 3.05) is 12.4 Å². The Hall–Kier alpha value is -2.62. The second kappa shape index (κ2) is 9.54. The first-order valence-electron chi connectivity index (χ1n) is 10.3. The van der Waals surface area contributed by atoms with Crippen molar-refractivity contribution in [2.45, 2.75) is 51.5 Å². The Morgan fingerprint density at radius 3 is 2.29 bits per heavy atom. The molecule has 2 aromatic carbocycles. The molecule has 4 nitrogen and oxygen atoms in total. The maximum absolute atomic E-state index is 12.8. The molecular weight excluding hydrogens is 348 g/mol. The van der Waals surface area contributed by atoms with Crippen LogP contribution in [-0.4, -0.2) is 29.8 Å². The van der Waals surface area contributed by atoms with Crippen LogP contribution in [0.2, 0.25) is 0 Å². The predicted molar refractivity (Wildman–Crippen MR) is 113 cm³/mol. The average Bonchev–Trinajstić information content (AvgIpc) is 2.74. The standard InChI is InChI=1S/C24H30N2O2/c1-18(20-11-7-4-8-12-20)26(2)24(28)21-13-15-22(16-14-21)25-23(27)17-19-9-5-3-6-10-19/h3,5-6,9-10,13-16,18,20H,4,7-8,11-12,17H2,1-2H3,(H,25,27)/t18-/m1/s1. The van der Waals surface area contributed by atoms with Gasteiger partial charge in [-0.2, -0.15) is 0 Å². The van der Waals surface area contributed by atoms with Crippen LogP contribution < -0.4 is 5.32 Å². The second-order valence-electron chi connectivity index (χ2n) is 7.84. The van der Waals surface area contributed by atoms with Crippen LogP contribution in [0.1, 0.15) is 54.9 Å². The predicted octanol–water partition coefficient (Wildman–Crippen LogP) is 4.91. The summed E-state index contributed by atoms with van der Waals surface area (Å²) in [6.07, 6.45) is 6.63. The Kier molecular flexibility index (Phi) is 6.85. The number of nitrogens with one attached hydrogen (secondary N) is 1. The van der Waals surface area contributed by atoms with Crippen molar-refractivity contribution in [2.24, 2.45) is 5.92 Å². The minimum absolute atomic E-state index is 0.0419. The van der Waals surface area contributed by atoms with Crippen LogP contribution in [0, 0.1) is 5.92 Å². The maximum Gasteiger partial charge on any atom is 0.253 e. The molecule has 28 heavy (non-hydrogen) atoms. The van der Waals surface area contributed by atoms with E-state index in [0.29, 0.717) is 23.6 Å². The van der Waals surface area contributed by atoms with Crippen LogP contribution in [0.25, 0.3) is 0 Å². The summed E-state index contributed by atoms with van der Waals surface area (Å²) < 4.78 is 0. The quantitative estimate of drug-likeness (QED) is 0.776. The number of nitrogens with zero attached hydrogens (tertiary/aromatic N) is 1. The van der Waals surface area contributed by atoms with Gasteiger partial charge in [-0.3, -0.25) is 9.59 Å². The SMILES string of the molecule is C[C@H](C1CCCCC1)N(C)C(=O)c1ccc(NC(=O)Cc2ccccc2)cc1. The van der Waals surface area contributed by atoms with Crippen molar-refractivity contribution in [3.8, 4) is 0 Å². The largest absolute Gasteiger partial charge is 0.339 e. The normalized spacial score (nSPS) is 15.6. The van der Waals surface area contributed by atoms with Gasteiger partial charge in [0.1, 0.15) is 0 Å². The lowest BCUT2D eigenvalue weighted by Crippen LogP contribution is -2.40. The third kappa shape index (κ3) is 5.22. The van der Waals surface area contributed by atoms with Crippen LogP contribution in [0.5, 0.6) is 0 Å². The number of anilines is 1. The van der Waals surface area contributed by atoms with E-state index in [4.69, 9.17) is 0 Å². The third-order valence-corrected chi connectivity index (χ3v) is 5.89. The lowest BCUT2D eigenvalue weighted by Gasteiger charge is -2.34. The molecule has 0 radical (unpaired) electrons. The summed E-state index contributed by atoms with van der Waals surface area (Å²) >= 11 is 0. The summed E-state index contributed by atoms with van der Waals surface area (Å²) in [7, 11) is 1.90. The Morgan fingerprint density at radius 2 is 1.64 bits per heavy atom. The highest BCUT2D eigenvalue weighted by Gasteiger charge is 2.26. The Balaban J connectivity index is 1.56. The van der Waals surface area contributed by atoms with E-state index < -0.39 is 0 Å². The van der Waals surface area contributed by atoms with Gasteiger partial charge in [-0.05, 0) is 55.5 Å². The highest BCUT2D eigenvalue weighted by atomic mass is 16.2. The van der Waals surface area contributed by atoms with Crippen molar-refractivity contribution in [3.05, 3.63) is 65.7 Å². The molecule has 0 spiro atoms. The van der Waals surface area contributed by atoms with Crippen molar-refractivity contribution in [1.29, 1.82) is 0 Å². The monoisotopic (exact) mass is 378 g/mol. The summed E-state index contributed by atoms with van der Waals surface area (Å²) in [6.45, 7) is 2.16. The zero-order valence-corrected chi connectivity index (χ0v) is 16.9. The number of carbonyl (C=O) groups is 2. The van der Waals surface area contributed by atoms with Crippen LogP contribution in [0.15, 0.2) is 54.6 Å². The molecule has 1 saturated carbocycles. The second-order valence-corrected chi connectivity index (χ2v) is 7.84. The zero-order valence-electron chi connectivity index (χ0n) is 16.9. The molecule has 0 saturated heterocycles.